The van der Waals surface area contributed by atoms with Gasteiger partial charge in [0.1, 0.15) is 0 Å². The molecule has 83 valence electrons. The highest BCUT2D eigenvalue weighted by atomic mass is 28.4. The van der Waals surface area contributed by atoms with Crippen molar-refractivity contribution in [1.29, 1.82) is 0 Å². The van der Waals surface area contributed by atoms with Crippen LogP contribution in [0.15, 0.2) is 50.6 Å². The van der Waals surface area contributed by atoms with Crippen molar-refractivity contribution in [2.75, 3.05) is 13.1 Å². The first-order chi connectivity index (χ1) is 7.14. The minimum absolute atomic E-state index is 0.528. The lowest BCUT2D eigenvalue weighted by Gasteiger charge is -2.32. The van der Waals surface area contributed by atoms with Gasteiger partial charge < -0.3 is 0 Å². The second-order valence-electron chi connectivity index (χ2n) is 3.41. The average molecular weight is 222 g/mol. The number of rotatable bonds is 9. The van der Waals surface area contributed by atoms with Gasteiger partial charge >= 0.3 is 8.48 Å². The second-order valence-corrected chi connectivity index (χ2v) is 6.76. The maximum Gasteiger partial charge on any atom is 0.320 e. The van der Waals surface area contributed by atoms with Crippen LogP contribution < -0.4 is 0 Å². The maximum atomic E-state index is 12.6. The third-order valence-electron chi connectivity index (χ3n) is 2.20. The molecule has 0 bridgehead atoms. The van der Waals surface area contributed by atoms with Gasteiger partial charge in [-0.15, -0.1) is 26.3 Å². The first-order valence-electron chi connectivity index (χ1n) is 5.03. The molecule has 0 N–H and O–H groups in total. The zero-order valence-corrected chi connectivity index (χ0v) is 10.3. The van der Waals surface area contributed by atoms with E-state index in [9.17, 15) is 4.80 Å². The van der Waals surface area contributed by atoms with Crippen LogP contribution in [0.3, 0.4) is 0 Å². The van der Waals surface area contributed by atoms with E-state index in [4.69, 9.17) is 0 Å². The zero-order valence-electron chi connectivity index (χ0n) is 9.32. The molecule has 0 aromatic carbocycles. The Morgan fingerprint density at radius 3 is 1.53 bits per heavy atom. The quantitative estimate of drug-likeness (QED) is 0.434. The van der Waals surface area contributed by atoms with E-state index in [1.807, 2.05) is 4.57 Å². The third-order valence-corrected chi connectivity index (χ3v) is 5.57. The summed E-state index contributed by atoms with van der Waals surface area (Å²) < 4.78 is 1.93. The van der Waals surface area contributed by atoms with Crippen molar-refractivity contribution in [2.45, 2.75) is 12.1 Å². The molecule has 0 fully saturated rings. The van der Waals surface area contributed by atoms with Crippen LogP contribution in [-0.2, 0) is 4.80 Å². The lowest BCUT2D eigenvalue weighted by Crippen LogP contribution is -2.52. The van der Waals surface area contributed by atoms with Crippen molar-refractivity contribution < 1.29 is 4.80 Å². The van der Waals surface area contributed by atoms with Crippen LogP contribution in [0.25, 0.3) is 0 Å². The first kappa shape index (κ1) is 14.1. The Kier molecular flexibility index (Phi) is 6.95. The molecule has 2 nitrogen and oxygen atoms in total. The van der Waals surface area contributed by atoms with E-state index in [0.717, 1.165) is 0 Å². The Morgan fingerprint density at radius 1 is 0.867 bits per heavy atom. The minimum Gasteiger partial charge on any atom is -0.293 e. The molecule has 1 radical (unpaired) electrons. The standard InChI is InChI=1S/C12H20NOSi/c1-5-9-13(10-6-2)15(14,11-7-3)12-8-4/h5-8H,1-4,9-12H2. The molecule has 0 saturated carbocycles. The van der Waals surface area contributed by atoms with Crippen molar-refractivity contribution >= 4 is 8.48 Å². The lowest BCUT2D eigenvalue weighted by atomic mass is 10.5. The van der Waals surface area contributed by atoms with Gasteiger partial charge in [0.15, 0.2) is 0 Å². The Balaban J connectivity index is 4.76. The van der Waals surface area contributed by atoms with Crippen LogP contribution in [0.2, 0.25) is 12.1 Å². The summed E-state index contributed by atoms with van der Waals surface area (Å²) in [6.07, 6.45) is 6.94. The number of hydrogen-bond acceptors (Lipinski definition) is 1. The Morgan fingerprint density at radius 2 is 1.27 bits per heavy atom. The van der Waals surface area contributed by atoms with Gasteiger partial charge in [0.2, 0.25) is 0 Å². The number of allylic oxidation sites excluding steroid dienone is 2. The highest BCUT2D eigenvalue weighted by molar-refractivity contribution is 6.70. The van der Waals surface area contributed by atoms with E-state index in [2.05, 4.69) is 26.3 Å². The Labute approximate surface area is 94.1 Å². The van der Waals surface area contributed by atoms with E-state index in [1.165, 1.54) is 0 Å². The minimum atomic E-state index is -2.72. The molecule has 15 heavy (non-hydrogen) atoms. The molecule has 0 atom stereocenters. The van der Waals surface area contributed by atoms with Gasteiger partial charge in [0, 0.05) is 25.2 Å². The fourth-order valence-corrected chi connectivity index (χ4v) is 4.02. The molecular weight excluding hydrogens is 202 g/mol. The molecule has 0 amide bonds. The van der Waals surface area contributed by atoms with Gasteiger partial charge in [-0.3, -0.25) is 9.36 Å². The van der Waals surface area contributed by atoms with Crippen molar-refractivity contribution in [3.05, 3.63) is 50.6 Å². The Hall–Kier alpha value is -0.903. The van der Waals surface area contributed by atoms with Crippen molar-refractivity contribution in [1.82, 2.24) is 4.57 Å². The fraction of sp³-hybridized carbons (Fsp3) is 0.333. The third kappa shape index (κ3) is 4.42. The summed E-state index contributed by atoms with van der Waals surface area (Å²) in [6.45, 7) is 15.9. The van der Waals surface area contributed by atoms with E-state index in [0.29, 0.717) is 25.2 Å². The predicted octanol–water partition coefficient (Wildman–Crippen LogP) is 2.91. The molecular formula is C12H20NOSi. The van der Waals surface area contributed by atoms with Gasteiger partial charge in [-0.25, -0.2) is 0 Å². The highest BCUT2D eigenvalue weighted by Gasteiger charge is 2.37. The molecule has 0 saturated heterocycles. The van der Waals surface area contributed by atoms with Gasteiger partial charge in [-0.2, -0.15) is 0 Å². The molecule has 0 aliphatic rings. The first-order valence-corrected chi connectivity index (χ1v) is 7.30. The van der Waals surface area contributed by atoms with Gasteiger partial charge in [-0.05, 0) is 0 Å². The smallest absolute Gasteiger partial charge is 0.293 e. The highest BCUT2D eigenvalue weighted by Crippen LogP contribution is 2.19. The molecule has 0 aliphatic heterocycles. The summed E-state index contributed by atoms with van der Waals surface area (Å²) in [6, 6.07) is 1.06. The van der Waals surface area contributed by atoms with Gasteiger partial charge in [0.05, 0.1) is 0 Å². The molecule has 3 heteroatoms. The monoisotopic (exact) mass is 222 g/mol. The fourth-order valence-electron chi connectivity index (χ4n) is 1.51. The van der Waals surface area contributed by atoms with Crippen LogP contribution in [0, 0.1) is 0 Å². The lowest BCUT2D eigenvalue weighted by molar-refractivity contribution is 0.319. The number of nitrogens with zero attached hydrogens (tertiary/aromatic N) is 1. The second kappa shape index (κ2) is 7.40. The summed E-state index contributed by atoms with van der Waals surface area (Å²) >= 11 is 0. The molecule has 0 spiro atoms. The number of hydrogen-bond donors (Lipinski definition) is 0. The summed E-state index contributed by atoms with van der Waals surface area (Å²) in [7, 11) is -2.72. The van der Waals surface area contributed by atoms with Crippen molar-refractivity contribution in [3.8, 4) is 0 Å². The van der Waals surface area contributed by atoms with Crippen molar-refractivity contribution in [3.63, 3.8) is 0 Å². The maximum absolute atomic E-state index is 12.6. The zero-order chi connectivity index (χ0) is 11.7. The van der Waals surface area contributed by atoms with E-state index < -0.39 is 8.48 Å². The van der Waals surface area contributed by atoms with Crippen molar-refractivity contribution in [2.24, 2.45) is 0 Å². The molecule has 0 unspecified atom stereocenters. The van der Waals surface area contributed by atoms with Crippen LogP contribution in [0.4, 0.5) is 0 Å². The summed E-state index contributed by atoms with van der Waals surface area (Å²) in [5.41, 5.74) is 0. The van der Waals surface area contributed by atoms with E-state index in [1.54, 1.807) is 24.3 Å². The largest absolute Gasteiger partial charge is 0.320 e. The summed E-state index contributed by atoms with van der Waals surface area (Å²) in [5.74, 6) is 0. The van der Waals surface area contributed by atoms with Gasteiger partial charge in [0.25, 0.3) is 0 Å². The van der Waals surface area contributed by atoms with Gasteiger partial charge in [-0.1, -0.05) is 24.3 Å². The Bertz CT molecular complexity index is 218. The SMILES string of the molecule is C=CCN(CC=C)[Si]([O])(CC=C)CC=C. The molecule has 0 aliphatic carbocycles. The summed E-state index contributed by atoms with van der Waals surface area (Å²) in [5, 5.41) is 0. The molecule has 0 rings (SSSR count). The van der Waals surface area contributed by atoms with E-state index in [-0.39, 0.29) is 0 Å². The van der Waals surface area contributed by atoms with Crippen LogP contribution in [0.5, 0.6) is 0 Å². The normalized spacial score (nSPS) is 11.1. The summed E-state index contributed by atoms with van der Waals surface area (Å²) in [4.78, 5) is 12.6. The van der Waals surface area contributed by atoms with Crippen LogP contribution in [-0.4, -0.2) is 26.1 Å². The van der Waals surface area contributed by atoms with Crippen LogP contribution >= 0.6 is 0 Å². The average Bonchev–Trinajstić information content (AvgIpc) is 2.18. The predicted molar refractivity (Wildman–Crippen MR) is 68.4 cm³/mol. The van der Waals surface area contributed by atoms with Crippen LogP contribution in [0.1, 0.15) is 0 Å². The molecule has 0 aromatic rings. The topological polar surface area (TPSA) is 23.1 Å². The van der Waals surface area contributed by atoms with E-state index >= 15 is 0 Å². The molecule has 0 aromatic heterocycles. The molecule has 0 heterocycles.